The molecule has 2 rings (SSSR count). The number of nitrogens with one attached hydrogen (secondary N) is 1. The Morgan fingerprint density at radius 1 is 1.13 bits per heavy atom. The number of nitrogens with zero attached hydrogens (tertiary/aromatic N) is 1. The fourth-order valence-electron chi connectivity index (χ4n) is 1.96. The van der Waals surface area contributed by atoms with Crippen LogP contribution in [0, 0.1) is 0 Å². The number of ether oxygens (including phenoxy) is 1. The molecule has 0 bridgehead atoms. The summed E-state index contributed by atoms with van der Waals surface area (Å²) in [5.74, 6) is 0.174. The summed E-state index contributed by atoms with van der Waals surface area (Å²) in [4.78, 5) is 12.2. The monoisotopic (exact) mass is 334 g/mol. The van der Waals surface area contributed by atoms with E-state index in [0.717, 1.165) is 4.31 Å². The number of methoxy groups -OCH3 is 1. The van der Waals surface area contributed by atoms with Gasteiger partial charge in [0.05, 0.1) is 18.6 Å². The average Bonchev–Trinajstić information content (AvgIpc) is 2.55. The third kappa shape index (κ3) is 4.30. The van der Waals surface area contributed by atoms with Crippen molar-refractivity contribution in [1.29, 1.82) is 0 Å². The van der Waals surface area contributed by atoms with Crippen molar-refractivity contribution in [2.45, 2.75) is 4.90 Å². The zero-order valence-corrected chi connectivity index (χ0v) is 13.7. The molecule has 2 aromatic rings. The molecule has 2 aromatic carbocycles. The summed E-state index contributed by atoms with van der Waals surface area (Å²) in [6, 6.07) is 14.8. The fraction of sp³-hybridized carbons (Fsp3) is 0.188. The van der Waals surface area contributed by atoms with E-state index >= 15 is 0 Å². The number of carbonyl (C=O) groups is 1. The molecule has 0 saturated carbocycles. The lowest BCUT2D eigenvalue weighted by Gasteiger charge is -2.17. The highest BCUT2D eigenvalue weighted by Gasteiger charge is 2.22. The van der Waals surface area contributed by atoms with E-state index in [-0.39, 0.29) is 11.4 Å². The van der Waals surface area contributed by atoms with Crippen molar-refractivity contribution >= 4 is 21.6 Å². The van der Waals surface area contributed by atoms with Gasteiger partial charge in [0.25, 0.3) is 0 Å². The Kier molecular flexibility index (Phi) is 5.36. The van der Waals surface area contributed by atoms with Gasteiger partial charge in [-0.2, -0.15) is 4.31 Å². The number of benzene rings is 2. The lowest BCUT2D eigenvalue weighted by Crippen LogP contribution is -2.34. The van der Waals surface area contributed by atoms with Crippen LogP contribution < -0.4 is 10.1 Å². The second-order valence-corrected chi connectivity index (χ2v) is 6.90. The maximum Gasteiger partial charge on any atom is 0.243 e. The molecule has 1 amide bonds. The van der Waals surface area contributed by atoms with E-state index in [1.165, 1.54) is 26.3 Å². The molecular weight excluding hydrogens is 316 g/mol. The van der Waals surface area contributed by atoms with Crippen LogP contribution in [0.25, 0.3) is 0 Å². The number of carbonyl (C=O) groups excluding carboxylic acids is 1. The molecule has 0 radical (unpaired) electrons. The molecule has 6 nitrogen and oxygen atoms in total. The molecule has 0 fully saturated rings. The third-order valence-electron chi connectivity index (χ3n) is 3.17. The molecule has 0 aliphatic rings. The van der Waals surface area contributed by atoms with E-state index in [2.05, 4.69) is 5.32 Å². The van der Waals surface area contributed by atoms with Crippen LogP contribution in [0.5, 0.6) is 5.75 Å². The minimum Gasteiger partial charge on any atom is -0.497 e. The summed E-state index contributed by atoms with van der Waals surface area (Å²) < 4.78 is 30.8. The first-order valence-corrected chi connectivity index (χ1v) is 8.33. The van der Waals surface area contributed by atoms with Crippen molar-refractivity contribution in [3.8, 4) is 5.75 Å². The van der Waals surface area contributed by atoms with E-state index in [0.29, 0.717) is 11.4 Å². The first-order valence-electron chi connectivity index (χ1n) is 6.89. The minimum absolute atomic E-state index is 0.150. The molecule has 122 valence electrons. The first-order chi connectivity index (χ1) is 10.9. The predicted octanol–water partition coefficient (Wildman–Crippen LogP) is 1.95. The van der Waals surface area contributed by atoms with Gasteiger partial charge < -0.3 is 10.1 Å². The van der Waals surface area contributed by atoms with Crippen LogP contribution in [-0.2, 0) is 14.8 Å². The van der Waals surface area contributed by atoms with Crippen molar-refractivity contribution in [3.63, 3.8) is 0 Å². The number of amides is 1. The van der Waals surface area contributed by atoms with Gasteiger partial charge in [0.15, 0.2) is 0 Å². The molecule has 0 atom stereocenters. The van der Waals surface area contributed by atoms with Gasteiger partial charge in [-0.25, -0.2) is 8.42 Å². The van der Waals surface area contributed by atoms with Crippen LogP contribution in [0.4, 0.5) is 5.69 Å². The van der Waals surface area contributed by atoms with Crippen molar-refractivity contribution in [1.82, 2.24) is 4.31 Å². The number of hydrogen-bond donors (Lipinski definition) is 1. The van der Waals surface area contributed by atoms with Crippen molar-refractivity contribution in [2.24, 2.45) is 0 Å². The van der Waals surface area contributed by atoms with Crippen LogP contribution in [0.15, 0.2) is 59.5 Å². The van der Waals surface area contributed by atoms with Crippen LogP contribution >= 0.6 is 0 Å². The fourth-order valence-corrected chi connectivity index (χ4v) is 3.11. The van der Waals surface area contributed by atoms with Gasteiger partial charge in [0, 0.05) is 18.8 Å². The molecular formula is C16H18N2O4S. The van der Waals surface area contributed by atoms with Crippen molar-refractivity contribution < 1.29 is 17.9 Å². The number of hydrogen-bond acceptors (Lipinski definition) is 4. The Bertz CT molecular complexity index is 776. The molecule has 0 heterocycles. The SMILES string of the molecule is COc1cccc(NC(=O)CN(C)S(=O)(=O)c2ccccc2)c1. The van der Waals surface area contributed by atoms with Gasteiger partial charge in [-0.3, -0.25) is 4.79 Å². The normalized spacial score (nSPS) is 11.3. The first kappa shape index (κ1) is 17.0. The van der Waals surface area contributed by atoms with E-state index in [9.17, 15) is 13.2 Å². The smallest absolute Gasteiger partial charge is 0.243 e. The maximum atomic E-state index is 12.3. The number of rotatable bonds is 6. The second-order valence-electron chi connectivity index (χ2n) is 4.85. The van der Waals surface area contributed by atoms with Gasteiger partial charge in [0.1, 0.15) is 5.75 Å². The molecule has 0 aliphatic carbocycles. The van der Waals surface area contributed by atoms with Gasteiger partial charge in [-0.05, 0) is 24.3 Å². The Morgan fingerprint density at radius 2 is 1.83 bits per heavy atom. The van der Waals surface area contributed by atoms with E-state index in [1.807, 2.05) is 0 Å². The third-order valence-corrected chi connectivity index (χ3v) is 4.99. The highest BCUT2D eigenvalue weighted by molar-refractivity contribution is 7.89. The largest absolute Gasteiger partial charge is 0.497 e. The molecule has 0 aliphatic heterocycles. The quantitative estimate of drug-likeness (QED) is 0.876. The number of likely N-dealkylation sites (N-methyl/N-ethyl adjacent to an activating group) is 1. The summed E-state index contributed by atoms with van der Waals surface area (Å²) in [5, 5.41) is 2.65. The Hall–Kier alpha value is -2.38. The van der Waals surface area contributed by atoms with Crippen LogP contribution in [-0.4, -0.2) is 39.3 Å². The molecule has 7 heteroatoms. The summed E-state index contributed by atoms with van der Waals surface area (Å²) in [6.45, 7) is -0.283. The van der Waals surface area contributed by atoms with Gasteiger partial charge in [-0.15, -0.1) is 0 Å². The lowest BCUT2D eigenvalue weighted by atomic mass is 10.3. The van der Waals surface area contributed by atoms with E-state index in [4.69, 9.17) is 4.74 Å². The molecule has 0 aromatic heterocycles. The highest BCUT2D eigenvalue weighted by Crippen LogP contribution is 2.17. The molecule has 1 N–H and O–H groups in total. The summed E-state index contributed by atoms with van der Waals surface area (Å²) in [6.07, 6.45) is 0. The molecule has 0 unspecified atom stereocenters. The van der Waals surface area contributed by atoms with Crippen molar-refractivity contribution in [2.75, 3.05) is 26.0 Å². The zero-order valence-electron chi connectivity index (χ0n) is 12.9. The minimum atomic E-state index is -3.69. The maximum absolute atomic E-state index is 12.3. The van der Waals surface area contributed by atoms with Crippen LogP contribution in [0.1, 0.15) is 0 Å². The van der Waals surface area contributed by atoms with Crippen LogP contribution in [0.2, 0.25) is 0 Å². The Balaban J connectivity index is 2.05. The summed E-state index contributed by atoms with van der Waals surface area (Å²) >= 11 is 0. The van der Waals surface area contributed by atoms with Crippen LogP contribution in [0.3, 0.4) is 0 Å². The van der Waals surface area contributed by atoms with Gasteiger partial charge in [0.2, 0.25) is 15.9 Å². The summed E-state index contributed by atoms with van der Waals surface area (Å²) in [5.41, 5.74) is 0.542. The molecule has 0 saturated heterocycles. The van der Waals surface area contributed by atoms with Gasteiger partial charge >= 0.3 is 0 Å². The Labute approximate surface area is 135 Å². The second kappa shape index (κ2) is 7.26. The van der Waals surface area contributed by atoms with E-state index in [1.54, 1.807) is 42.5 Å². The standard InChI is InChI=1S/C16H18N2O4S/c1-18(23(20,21)15-9-4-3-5-10-15)12-16(19)17-13-7-6-8-14(11-13)22-2/h3-11H,12H2,1-2H3,(H,17,19). The number of anilines is 1. The topological polar surface area (TPSA) is 75.7 Å². The zero-order chi connectivity index (χ0) is 16.9. The average molecular weight is 334 g/mol. The van der Waals surface area contributed by atoms with Gasteiger partial charge in [-0.1, -0.05) is 24.3 Å². The lowest BCUT2D eigenvalue weighted by molar-refractivity contribution is -0.116. The predicted molar refractivity (Wildman–Crippen MR) is 87.9 cm³/mol. The number of sulfonamides is 1. The molecule has 0 spiro atoms. The Morgan fingerprint density at radius 3 is 2.48 bits per heavy atom. The van der Waals surface area contributed by atoms with E-state index < -0.39 is 15.9 Å². The van der Waals surface area contributed by atoms with Crippen molar-refractivity contribution in [3.05, 3.63) is 54.6 Å². The highest BCUT2D eigenvalue weighted by atomic mass is 32.2. The molecule has 23 heavy (non-hydrogen) atoms. The summed E-state index contributed by atoms with van der Waals surface area (Å²) in [7, 11) is -0.794.